The maximum Gasteiger partial charge on any atom is 0.307 e. The lowest BCUT2D eigenvalue weighted by molar-refractivity contribution is -0.136. The molecule has 1 saturated carbocycles. The Balaban J connectivity index is 1.68. The van der Waals surface area contributed by atoms with Crippen molar-refractivity contribution < 1.29 is 9.90 Å². The summed E-state index contributed by atoms with van der Waals surface area (Å²) in [5, 5.41) is 13.2. The van der Waals surface area contributed by atoms with Crippen molar-refractivity contribution in [1.29, 1.82) is 0 Å². The lowest BCUT2D eigenvalue weighted by Gasteiger charge is -2.08. The molecule has 110 valence electrons. The van der Waals surface area contributed by atoms with Crippen LogP contribution in [-0.4, -0.2) is 20.9 Å². The van der Waals surface area contributed by atoms with Crippen LogP contribution in [0.1, 0.15) is 31.2 Å². The van der Waals surface area contributed by atoms with Crippen molar-refractivity contribution in [2.75, 3.05) is 0 Å². The monoisotopic (exact) mass is 284 g/mol. The molecule has 4 nitrogen and oxygen atoms in total. The molecule has 0 amide bonds. The second-order valence-electron chi connectivity index (χ2n) is 5.87. The summed E-state index contributed by atoms with van der Waals surface area (Å²) in [6.07, 6.45) is 9.39. The van der Waals surface area contributed by atoms with Gasteiger partial charge in [-0.25, -0.2) is 0 Å². The minimum atomic E-state index is -0.799. The molecule has 1 aliphatic rings. The van der Waals surface area contributed by atoms with Crippen molar-refractivity contribution >= 4 is 5.97 Å². The highest BCUT2D eigenvalue weighted by atomic mass is 16.4. The Labute approximate surface area is 124 Å². The quantitative estimate of drug-likeness (QED) is 0.916. The van der Waals surface area contributed by atoms with Gasteiger partial charge in [-0.3, -0.25) is 9.48 Å². The first kappa shape index (κ1) is 13.9. The van der Waals surface area contributed by atoms with E-state index in [0.29, 0.717) is 0 Å². The third-order valence-electron chi connectivity index (χ3n) is 4.20. The predicted molar refractivity (Wildman–Crippen MR) is 81.0 cm³/mol. The molecule has 1 fully saturated rings. The van der Waals surface area contributed by atoms with Crippen LogP contribution in [0.5, 0.6) is 0 Å². The van der Waals surface area contributed by atoms with E-state index in [1.165, 1.54) is 25.7 Å². The zero-order valence-corrected chi connectivity index (χ0v) is 12.0. The zero-order valence-electron chi connectivity index (χ0n) is 12.0. The molecule has 0 bridgehead atoms. The number of nitrogens with zero attached hydrogens (tertiary/aromatic N) is 2. The van der Waals surface area contributed by atoms with Gasteiger partial charge in [-0.2, -0.15) is 5.10 Å². The number of benzene rings is 1. The second kappa shape index (κ2) is 6.12. The van der Waals surface area contributed by atoms with Crippen LogP contribution in [0, 0.1) is 5.92 Å². The summed E-state index contributed by atoms with van der Waals surface area (Å²) in [7, 11) is 0. The van der Waals surface area contributed by atoms with E-state index < -0.39 is 5.97 Å². The van der Waals surface area contributed by atoms with E-state index in [1.807, 2.05) is 35.1 Å². The Morgan fingerprint density at radius 1 is 1.19 bits per heavy atom. The highest BCUT2D eigenvalue weighted by Crippen LogP contribution is 2.27. The average Bonchev–Trinajstić information content (AvgIpc) is 3.11. The molecule has 1 aromatic carbocycles. The molecule has 2 aromatic rings. The zero-order chi connectivity index (χ0) is 14.7. The molecule has 0 spiro atoms. The van der Waals surface area contributed by atoms with E-state index in [1.54, 1.807) is 0 Å². The average molecular weight is 284 g/mol. The summed E-state index contributed by atoms with van der Waals surface area (Å²) in [6.45, 7) is 1.01. The van der Waals surface area contributed by atoms with Crippen molar-refractivity contribution in [3.05, 3.63) is 42.2 Å². The first-order valence-corrected chi connectivity index (χ1v) is 7.54. The SMILES string of the molecule is O=C(O)Cc1ccc(-c2cnn(CC3CCCC3)c2)cc1. The van der Waals surface area contributed by atoms with Crippen LogP contribution in [0.2, 0.25) is 0 Å². The van der Waals surface area contributed by atoms with Gasteiger partial charge < -0.3 is 5.11 Å². The van der Waals surface area contributed by atoms with Crippen LogP contribution in [0.15, 0.2) is 36.7 Å². The topological polar surface area (TPSA) is 55.1 Å². The smallest absolute Gasteiger partial charge is 0.307 e. The number of aliphatic carboxylic acids is 1. The third kappa shape index (κ3) is 3.51. The summed E-state index contributed by atoms with van der Waals surface area (Å²) in [5.74, 6) is -0.0252. The van der Waals surface area contributed by atoms with E-state index in [4.69, 9.17) is 5.11 Å². The van der Waals surface area contributed by atoms with E-state index in [9.17, 15) is 4.79 Å². The fraction of sp³-hybridized carbons (Fsp3) is 0.412. The minimum absolute atomic E-state index is 0.0707. The predicted octanol–water partition coefficient (Wildman–Crippen LogP) is 3.37. The molecular formula is C17H20N2O2. The molecule has 0 unspecified atom stereocenters. The van der Waals surface area contributed by atoms with Crippen LogP contribution in [0.4, 0.5) is 0 Å². The molecule has 0 saturated heterocycles. The molecule has 1 aromatic heterocycles. The van der Waals surface area contributed by atoms with Crippen molar-refractivity contribution in [2.24, 2.45) is 5.92 Å². The number of carboxylic acids is 1. The van der Waals surface area contributed by atoms with Crippen LogP contribution < -0.4 is 0 Å². The molecule has 3 rings (SSSR count). The summed E-state index contributed by atoms with van der Waals surface area (Å²) in [5.41, 5.74) is 3.00. The van der Waals surface area contributed by atoms with Crippen LogP contribution in [0.25, 0.3) is 11.1 Å². The van der Waals surface area contributed by atoms with Crippen LogP contribution in [0.3, 0.4) is 0 Å². The van der Waals surface area contributed by atoms with Gasteiger partial charge >= 0.3 is 5.97 Å². The van der Waals surface area contributed by atoms with Crippen molar-refractivity contribution in [3.8, 4) is 11.1 Å². The van der Waals surface area contributed by atoms with Gasteiger partial charge in [0.15, 0.2) is 0 Å². The Morgan fingerprint density at radius 2 is 1.90 bits per heavy atom. The van der Waals surface area contributed by atoms with Crippen molar-refractivity contribution in [3.63, 3.8) is 0 Å². The van der Waals surface area contributed by atoms with Gasteiger partial charge in [0.1, 0.15) is 0 Å². The van der Waals surface area contributed by atoms with Gasteiger partial charge in [0.05, 0.1) is 12.6 Å². The Bertz CT molecular complexity index is 610. The standard InChI is InChI=1S/C17H20N2O2/c20-17(21)9-13-5-7-15(8-6-13)16-10-18-19(12-16)11-14-3-1-2-4-14/h5-8,10,12,14H,1-4,9,11H2,(H,20,21). The molecule has 0 aliphatic heterocycles. The second-order valence-corrected chi connectivity index (χ2v) is 5.87. The number of carboxylic acid groups (broad SMARTS) is 1. The Morgan fingerprint density at radius 3 is 2.57 bits per heavy atom. The highest BCUT2D eigenvalue weighted by molar-refractivity contribution is 5.71. The van der Waals surface area contributed by atoms with Crippen LogP contribution >= 0.6 is 0 Å². The number of carbonyl (C=O) groups is 1. The van der Waals surface area contributed by atoms with Crippen molar-refractivity contribution in [2.45, 2.75) is 38.6 Å². The lowest BCUT2D eigenvalue weighted by Crippen LogP contribution is -2.07. The first-order chi connectivity index (χ1) is 10.2. The molecule has 1 N–H and O–H groups in total. The summed E-state index contributed by atoms with van der Waals surface area (Å²) >= 11 is 0. The molecule has 0 radical (unpaired) electrons. The van der Waals surface area contributed by atoms with Gasteiger partial charge in [0, 0.05) is 18.3 Å². The fourth-order valence-electron chi connectivity index (χ4n) is 3.06. The van der Waals surface area contributed by atoms with E-state index in [0.717, 1.165) is 29.2 Å². The third-order valence-corrected chi connectivity index (χ3v) is 4.20. The van der Waals surface area contributed by atoms with Gasteiger partial charge in [-0.1, -0.05) is 37.1 Å². The molecule has 0 atom stereocenters. The Kier molecular flexibility index (Phi) is 4.04. The Hall–Kier alpha value is -2.10. The number of hydrogen-bond donors (Lipinski definition) is 1. The van der Waals surface area contributed by atoms with Gasteiger partial charge in [-0.05, 0) is 29.9 Å². The van der Waals surface area contributed by atoms with E-state index in [2.05, 4.69) is 11.3 Å². The normalized spacial score (nSPS) is 15.4. The summed E-state index contributed by atoms with van der Waals surface area (Å²) in [4.78, 5) is 10.7. The molecule has 1 aliphatic carbocycles. The molecule has 21 heavy (non-hydrogen) atoms. The van der Waals surface area contributed by atoms with Gasteiger partial charge in [-0.15, -0.1) is 0 Å². The maximum atomic E-state index is 10.7. The lowest BCUT2D eigenvalue weighted by atomic mass is 10.1. The summed E-state index contributed by atoms with van der Waals surface area (Å²) < 4.78 is 2.04. The van der Waals surface area contributed by atoms with E-state index in [-0.39, 0.29) is 6.42 Å². The van der Waals surface area contributed by atoms with Crippen LogP contribution in [-0.2, 0) is 17.8 Å². The highest BCUT2D eigenvalue weighted by Gasteiger charge is 2.16. The van der Waals surface area contributed by atoms with Gasteiger partial charge in [0.25, 0.3) is 0 Å². The van der Waals surface area contributed by atoms with Crippen molar-refractivity contribution in [1.82, 2.24) is 9.78 Å². The maximum absolute atomic E-state index is 10.7. The molecule has 4 heteroatoms. The molecular weight excluding hydrogens is 264 g/mol. The minimum Gasteiger partial charge on any atom is -0.481 e. The largest absolute Gasteiger partial charge is 0.481 e. The molecule has 1 heterocycles. The number of rotatable bonds is 5. The summed E-state index contributed by atoms with van der Waals surface area (Å²) in [6, 6.07) is 7.68. The van der Waals surface area contributed by atoms with Gasteiger partial charge in [0.2, 0.25) is 0 Å². The first-order valence-electron chi connectivity index (χ1n) is 7.54. The number of hydrogen-bond acceptors (Lipinski definition) is 2. The number of aromatic nitrogens is 2. The van der Waals surface area contributed by atoms with E-state index >= 15 is 0 Å². The fourth-order valence-corrected chi connectivity index (χ4v) is 3.06.